The summed E-state index contributed by atoms with van der Waals surface area (Å²) in [6, 6.07) is 6.34. The van der Waals surface area contributed by atoms with Gasteiger partial charge in [0.15, 0.2) is 5.83 Å². The lowest BCUT2D eigenvalue weighted by Gasteiger charge is -2.39. The van der Waals surface area contributed by atoms with Crippen LogP contribution in [0.5, 0.6) is 0 Å². The topological polar surface area (TPSA) is 72.1 Å². The SMILES string of the molecule is C=C(F)C(=O)N1CC(n2nc(-c3ccc(C(F)(F)F)cc3)c3nccc(-c4cnn(CCN(C)C)c4C)c32)C1. The first kappa shape index (κ1) is 26.5. The highest BCUT2D eigenvalue weighted by molar-refractivity contribution is 5.99. The first-order chi connectivity index (χ1) is 18.5. The van der Waals surface area contributed by atoms with Gasteiger partial charge in [0.05, 0.1) is 29.9 Å². The lowest BCUT2D eigenvalue weighted by Crippen LogP contribution is -2.51. The number of alkyl halides is 3. The maximum Gasteiger partial charge on any atom is 0.416 e. The van der Waals surface area contributed by atoms with Crippen LogP contribution in [0.25, 0.3) is 33.4 Å². The van der Waals surface area contributed by atoms with Crippen LogP contribution >= 0.6 is 0 Å². The Morgan fingerprint density at radius 2 is 1.82 bits per heavy atom. The van der Waals surface area contributed by atoms with Crippen LogP contribution in [0.1, 0.15) is 17.3 Å². The largest absolute Gasteiger partial charge is 0.416 e. The van der Waals surface area contributed by atoms with Gasteiger partial charge in [-0.1, -0.05) is 18.7 Å². The molecular formula is C27H27F4N7O. The summed E-state index contributed by atoms with van der Waals surface area (Å²) in [5.41, 5.74) is 3.91. The molecule has 5 rings (SSSR count). The van der Waals surface area contributed by atoms with Crippen LogP contribution in [0.15, 0.2) is 55.1 Å². The quantitative estimate of drug-likeness (QED) is 0.250. The van der Waals surface area contributed by atoms with E-state index < -0.39 is 23.5 Å². The highest BCUT2D eigenvalue weighted by Gasteiger charge is 2.36. The molecular weight excluding hydrogens is 514 g/mol. The number of rotatable bonds is 7. The average Bonchev–Trinajstić information content (AvgIpc) is 3.42. The Hall–Kier alpha value is -4.06. The molecule has 1 saturated heterocycles. The molecule has 0 N–H and O–H groups in total. The lowest BCUT2D eigenvalue weighted by atomic mass is 10.0. The zero-order chi connectivity index (χ0) is 28.1. The number of aromatic nitrogens is 5. The number of likely N-dealkylation sites (tertiary alicyclic amines) is 1. The number of pyridine rings is 1. The number of hydrogen-bond donors (Lipinski definition) is 0. The minimum atomic E-state index is -4.46. The number of halogens is 4. The van der Waals surface area contributed by atoms with Crippen molar-refractivity contribution in [3.63, 3.8) is 0 Å². The third-order valence-corrected chi connectivity index (χ3v) is 6.95. The molecule has 0 atom stereocenters. The van der Waals surface area contributed by atoms with Crippen molar-refractivity contribution in [3.8, 4) is 22.4 Å². The van der Waals surface area contributed by atoms with Crippen molar-refractivity contribution in [1.29, 1.82) is 0 Å². The van der Waals surface area contributed by atoms with Gasteiger partial charge in [0, 0.05) is 48.2 Å². The van der Waals surface area contributed by atoms with Crippen LogP contribution in [0.2, 0.25) is 0 Å². The van der Waals surface area contributed by atoms with Gasteiger partial charge in [-0.2, -0.15) is 23.4 Å². The summed E-state index contributed by atoms with van der Waals surface area (Å²) in [4.78, 5) is 20.0. The van der Waals surface area contributed by atoms with Gasteiger partial charge in [-0.15, -0.1) is 0 Å². The van der Waals surface area contributed by atoms with E-state index in [0.29, 0.717) is 28.8 Å². The van der Waals surface area contributed by atoms with Gasteiger partial charge < -0.3 is 9.80 Å². The summed E-state index contributed by atoms with van der Waals surface area (Å²) >= 11 is 0. The Kier molecular flexibility index (Phi) is 6.75. The second kappa shape index (κ2) is 9.92. The molecule has 4 heterocycles. The molecule has 1 aromatic carbocycles. The molecule has 8 nitrogen and oxygen atoms in total. The van der Waals surface area contributed by atoms with Crippen molar-refractivity contribution in [2.24, 2.45) is 0 Å². The maximum atomic E-state index is 13.4. The number of hydrogen-bond acceptors (Lipinski definition) is 5. The van der Waals surface area contributed by atoms with Crippen LogP contribution in [0.4, 0.5) is 17.6 Å². The number of nitrogens with zero attached hydrogens (tertiary/aromatic N) is 7. The van der Waals surface area contributed by atoms with Crippen molar-refractivity contribution in [3.05, 3.63) is 66.4 Å². The molecule has 0 spiro atoms. The molecule has 12 heteroatoms. The van der Waals surface area contributed by atoms with Crippen LogP contribution in [-0.2, 0) is 17.5 Å². The molecule has 1 aliphatic rings. The van der Waals surface area contributed by atoms with Gasteiger partial charge >= 0.3 is 6.18 Å². The summed E-state index contributed by atoms with van der Waals surface area (Å²) in [6.07, 6.45) is -1.05. The van der Waals surface area contributed by atoms with Gasteiger partial charge in [-0.3, -0.25) is 19.1 Å². The number of fused-ring (bicyclic) bond motifs is 1. The monoisotopic (exact) mass is 541 g/mol. The highest BCUT2D eigenvalue weighted by Crippen LogP contribution is 2.38. The molecule has 0 aliphatic carbocycles. The summed E-state index contributed by atoms with van der Waals surface area (Å²) < 4.78 is 56.6. The van der Waals surface area contributed by atoms with E-state index in [1.165, 1.54) is 17.0 Å². The van der Waals surface area contributed by atoms with E-state index in [2.05, 4.69) is 21.6 Å². The van der Waals surface area contributed by atoms with Crippen LogP contribution in [0, 0.1) is 6.92 Å². The van der Waals surface area contributed by atoms with Crippen LogP contribution < -0.4 is 0 Å². The highest BCUT2D eigenvalue weighted by atomic mass is 19.4. The van der Waals surface area contributed by atoms with Gasteiger partial charge in [0.2, 0.25) is 0 Å². The number of carbonyl (C=O) groups excluding carboxylic acids is 1. The first-order valence-electron chi connectivity index (χ1n) is 12.3. The summed E-state index contributed by atoms with van der Waals surface area (Å²) in [5, 5.41) is 9.34. The minimum Gasteiger partial charge on any atom is -0.332 e. The lowest BCUT2D eigenvalue weighted by molar-refractivity contribution is -0.137. The molecule has 3 aromatic heterocycles. The molecule has 0 unspecified atom stereocenters. The molecule has 0 saturated carbocycles. The number of benzene rings is 1. The second-order valence-electron chi connectivity index (χ2n) is 9.86. The van der Waals surface area contributed by atoms with Crippen molar-refractivity contribution >= 4 is 16.9 Å². The minimum absolute atomic E-state index is 0.209. The van der Waals surface area contributed by atoms with Gasteiger partial charge in [0.1, 0.15) is 11.2 Å². The van der Waals surface area contributed by atoms with E-state index in [9.17, 15) is 22.4 Å². The maximum absolute atomic E-state index is 13.4. The average molecular weight is 542 g/mol. The predicted octanol–water partition coefficient (Wildman–Crippen LogP) is 4.72. The number of likely N-dealkylation sites (N-methyl/N-ethyl adjacent to an activating group) is 1. The molecule has 1 amide bonds. The first-order valence-corrected chi connectivity index (χ1v) is 12.3. The van der Waals surface area contributed by atoms with E-state index in [4.69, 9.17) is 5.10 Å². The van der Waals surface area contributed by atoms with Gasteiger partial charge in [-0.05, 0) is 39.2 Å². The Balaban J connectivity index is 1.62. The molecule has 1 aliphatic heterocycles. The van der Waals surface area contributed by atoms with E-state index in [0.717, 1.165) is 35.5 Å². The van der Waals surface area contributed by atoms with Crippen LogP contribution in [-0.4, -0.2) is 74.0 Å². The third kappa shape index (κ3) is 4.91. The molecule has 0 radical (unpaired) electrons. The Morgan fingerprint density at radius 3 is 2.44 bits per heavy atom. The van der Waals surface area contributed by atoms with Crippen molar-refractivity contribution in [2.75, 3.05) is 33.7 Å². The van der Waals surface area contributed by atoms with Crippen molar-refractivity contribution in [2.45, 2.75) is 25.7 Å². The Labute approximate surface area is 222 Å². The normalized spacial score (nSPS) is 14.3. The number of carbonyl (C=O) groups is 1. The zero-order valence-electron chi connectivity index (χ0n) is 21.7. The zero-order valence-corrected chi connectivity index (χ0v) is 21.7. The fraction of sp³-hybridized carbons (Fsp3) is 0.333. The molecule has 39 heavy (non-hydrogen) atoms. The van der Waals surface area contributed by atoms with E-state index in [-0.39, 0.29) is 19.1 Å². The number of amides is 1. The van der Waals surface area contributed by atoms with E-state index in [1.807, 2.05) is 31.8 Å². The second-order valence-corrected chi connectivity index (χ2v) is 9.86. The standard InChI is InChI=1S/C27H27F4N7O/c1-16(28)26(39)36-14-20(15-36)38-25-21(22-13-33-37(17(22)2)12-11-35(3)4)9-10-32-24(25)23(34-38)18-5-7-19(8-6-18)27(29,30)31/h5-10,13,20H,1,11-12,14-15H2,2-4H3. The van der Waals surface area contributed by atoms with E-state index >= 15 is 0 Å². The molecule has 1 fully saturated rings. The van der Waals surface area contributed by atoms with Gasteiger partial charge in [-0.25, -0.2) is 4.39 Å². The molecule has 204 valence electrons. The predicted molar refractivity (Wildman–Crippen MR) is 138 cm³/mol. The van der Waals surface area contributed by atoms with Gasteiger partial charge in [0.25, 0.3) is 5.91 Å². The molecule has 0 bridgehead atoms. The van der Waals surface area contributed by atoms with E-state index in [1.54, 1.807) is 17.1 Å². The van der Waals surface area contributed by atoms with Crippen molar-refractivity contribution < 1.29 is 22.4 Å². The molecule has 4 aromatic rings. The summed E-state index contributed by atoms with van der Waals surface area (Å²) in [5.74, 6) is -1.81. The third-order valence-electron chi connectivity index (χ3n) is 6.95. The summed E-state index contributed by atoms with van der Waals surface area (Å²) in [7, 11) is 3.97. The Morgan fingerprint density at radius 1 is 1.13 bits per heavy atom. The van der Waals surface area contributed by atoms with Crippen LogP contribution in [0.3, 0.4) is 0 Å². The Bertz CT molecular complexity index is 1550. The smallest absolute Gasteiger partial charge is 0.332 e. The summed E-state index contributed by atoms with van der Waals surface area (Å²) in [6.45, 7) is 6.96. The fourth-order valence-electron chi connectivity index (χ4n) is 4.74. The fourth-order valence-corrected chi connectivity index (χ4v) is 4.74. The van der Waals surface area contributed by atoms with Crippen molar-refractivity contribution in [1.82, 2.24) is 34.3 Å².